The van der Waals surface area contributed by atoms with Crippen LogP contribution in [-0.2, 0) is 10.0 Å². The van der Waals surface area contributed by atoms with Gasteiger partial charge in [0.2, 0.25) is 5.78 Å². The molecule has 9 aliphatic carbocycles. The number of hydrogen-bond acceptors (Lipinski definition) is 7. The van der Waals surface area contributed by atoms with Crippen molar-refractivity contribution in [1.82, 2.24) is 4.31 Å². The topological polar surface area (TPSA) is 108 Å². The number of aliphatic hydroxyl groups excluding tert-OH is 1. The Morgan fingerprint density at radius 1 is 0.980 bits per heavy atom. The highest BCUT2D eigenvalue weighted by Gasteiger charge is 2.75. The van der Waals surface area contributed by atoms with Crippen molar-refractivity contribution in [1.29, 1.82) is 0 Å². The summed E-state index contributed by atoms with van der Waals surface area (Å²) in [7, 11) is -3.84. The average molecular weight is 720 g/mol. The van der Waals surface area contributed by atoms with E-state index < -0.39 is 38.0 Å². The molecule has 0 aromatic carbocycles. The number of thiophene rings is 1. The van der Waals surface area contributed by atoms with Gasteiger partial charge in [-0.2, -0.15) is 4.31 Å². The van der Waals surface area contributed by atoms with Gasteiger partial charge in [-0.05, 0) is 128 Å². The van der Waals surface area contributed by atoms with E-state index >= 15 is 0 Å². The molecule has 50 heavy (non-hydrogen) atoms. The van der Waals surface area contributed by atoms with Gasteiger partial charge in [-0.3, -0.25) is 4.79 Å². The van der Waals surface area contributed by atoms with Crippen molar-refractivity contribution in [3.8, 4) is 0 Å². The van der Waals surface area contributed by atoms with Crippen molar-refractivity contribution in [3.05, 3.63) is 65.5 Å². The van der Waals surface area contributed by atoms with Gasteiger partial charge >= 0.3 is 0 Å². The van der Waals surface area contributed by atoms with E-state index in [0.29, 0.717) is 41.7 Å². The zero-order chi connectivity index (χ0) is 35.1. The molecular formula is C41H53NO6S2. The highest BCUT2D eigenvalue weighted by Crippen LogP contribution is 2.78. The lowest BCUT2D eigenvalue weighted by Gasteiger charge is -2.71. The van der Waals surface area contributed by atoms with Crippen molar-refractivity contribution in [2.75, 3.05) is 13.1 Å². The van der Waals surface area contributed by atoms with Gasteiger partial charge in [0.15, 0.2) is 5.76 Å². The Bertz CT molecular complexity index is 1860. The zero-order valence-corrected chi connectivity index (χ0v) is 31.6. The fourth-order valence-electron chi connectivity index (χ4n) is 13.7. The molecule has 4 bridgehead atoms. The minimum absolute atomic E-state index is 0.0607. The highest BCUT2D eigenvalue weighted by molar-refractivity contribution is 7.91. The number of aliphatic hydroxyl groups is 2. The number of nitrogens with zero attached hydrogens (tertiary/aromatic N) is 1. The Kier molecular flexibility index (Phi) is 7.28. The summed E-state index contributed by atoms with van der Waals surface area (Å²) in [4.78, 5) is 14.6. The van der Waals surface area contributed by atoms with Crippen LogP contribution < -0.4 is 0 Å². The van der Waals surface area contributed by atoms with E-state index in [4.69, 9.17) is 4.42 Å². The molecule has 11 rings (SSSR count). The summed E-state index contributed by atoms with van der Waals surface area (Å²) in [5.74, 6) is 1.79. The number of hydrogen-bond donors (Lipinski definition) is 2. The number of fused-ring (bicyclic) bond motifs is 3. The first-order chi connectivity index (χ1) is 23.6. The molecule has 270 valence electrons. The van der Waals surface area contributed by atoms with Gasteiger partial charge in [-0.1, -0.05) is 52.0 Å². The second kappa shape index (κ2) is 10.8. The third-order valence-electron chi connectivity index (χ3n) is 16.7. The molecule has 2 aromatic rings. The van der Waals surface area contributed by atoms with Crippen LogP contribution in [0.25, 0.3) is 0 Å². The lowest BCUT2D eigenvalue weighted by atomic mass is 9.32. The van der Waals surface area contributed by atoms with Crippen molar-refractivity contribution < 1.29 is 27.8 Å². The maximum Gasteiger partial charge on any atom is 0.252 e. The van der Waals surface area contributed by atoms with Crippen LogP contribution in [0, 0.1) is 56.7 Å². The molecule has 6 fully saturated rings. The first-order valence-electron chi connectivity index (χ1n) is 19.1. The Labute approximate surface area is 301 Å². The summed E-state index contributed by atoms with van der Waals surface area (Å²) in [5, 5.41) is 25.9. The third-order valence-corrected chi connectivity index (χ3v) is 19.9. The number of ketones is 1. The summed E-state index contributed by atoms with van der Waals surface area (Å²) in [5.41, 5.74) is -2.11. The minimum atomic E-state index is -3.84. The van der Waals surface area contributed by atoms with Crippen molar-refractivity contribution in [2.24, 2.45) is 56.7 Å². The average Bonchev–Trinajstić information content (AvgIpc) is 3.87. The number of furan rings is 1. The van der Waals surface area contributed by atoms with Gasteiger partial charge in [0, 0.05) is 34.9 Å². The van der Waals surface area contributed by atoms with E-state index in [1.54, 1.807) is 34.8 Å². The molecule has 1 unspecified atom stereocenters. The molecule has 0 radical (unpaired) electrons. The summed E-state index contributed by atoms with van der Waals surface area (Å²) >= 11 is 1.25. The second-order valence-electron chi connectivity index (χ2n) is 18.5. The summed E-state index contributed by atoms with van der Waals surface area (Å²) in [6.45, 7) is 9.77. The van der Waals surface area contributed by atoms with Gasteiger partial charge in [0.25, 0.3) is 10.0 Å². The monoisotopic (exact) mass is 719 g/mol. The SMILES string of the molecule is CC1(C)[C@H]2CC[C@@H](CN(C[C@]3(O)CC[C@H]4[C@]56C=C[C@@]7(C=C5C(=O)c5ccco5)CC(O)CC[C@]7(C)[C@H]6CC[C@@]43C)S(=O)(=O)c3cccs3)[C@@H]1C2. The Morgan fingerprint density at radius 3 is 2.44 bits per heavy atom. The lowest BCUT2D eigenvalue weighted by Crippen LogP contribution is -2.67. The predicted octanol–water partition coefficient (Wildman–Crippen LogP) is 7.88. The fourth-order valence-corrected chi connectivity index (χ4v) is 16.4. The standard InChI is InChI=1S/C41H53NO6S2/c1-36(2)27-10-9-26(29(36)21-27)24-42(50(46,47)34-8-6-20-49-34)25-40(45)16-13-33-38(40,4)15-12-32-37(3)14-11-28(43)22-39(37)17-18-41(32,33)30(23-39)35(44)31-7-5-19-48-31/h5-8,17-20,23,26-29,32-33,43,45H,9-16,21-22,24-25H2,1-4H3/t26-,27-,28?,29-,32+,33+,37+,38-,39-,40+,41+/m0/s1. The summed E-state index contributed by atoms with van der Waals surface area (Å²) < 4.78 is 36.8. The number of Topliss-reactive ketones (excluding diaryl/α,β-unsaturated/α-hetero) is 1. The molecule has 2 aromatic heterocycles. The Hall–Kier alpha value is -2.04. The summed E-state index contributed by atoms with van der Waals surface area (Å²) in [6.07, 6.45) is 16.3. The Morgan fingerprint density at radius 2 is 1.74 bits per heavy atom. The van der Waals surface area contributed by atoms with Crippen molar-refractivity contribution >= 4 is 27.1 Å². The van der Waals surface area contributed by atoms with E-state index in [1.807, 2.05) is 5.38 Å². The van der Waals surface area contributed by atoms with E-state index in [-0.39, 0.29) is 40.9 Å². The van der Waals surface area contributed by atoms with E-state index in [0.717, 1.165) is 50.0 Å². The van der Waals surface area contributed by atoms with Crippen LogP contribution in [0.1, 0.15) is 102 Å². The molecule has 0 aliphatic heterocycles. The number of sulfonamides is 1. The highest BCUT2D eigenvalue weighted by atomic mass is 32.2. The molecular weight excluding hydrogens is 667 g/mol. The molecule has 11 atom stereocenters. The number of carbonyl (C=O) groups is 1. The molecule has 2 N–H and O–H groups in total. The number of allylic oxidation sites excluding steroid dienone is 4. The van der Waals surface area contributed by atoms with Crippen LogP contribution in [0.15, 0.2) is 68.3 Å². The van der Waals surface area contributed by atoms with Crippen molar-refractivity contribution in [3.63, 3.8) is 0 Å². The van der Waals surface area contributed by atoms with Gasteiger partial charge in [0.1, 0.15) is 4.21 Å². The van der Waals surface area contributed by atoms with Crippen LogP contribution in [0.5, 0.6) is 0 Å². The number of rotatable bonds is 8. The van der Waals surface area contributed by atoms with Gasteiger partial charge in [-0.15, -0.1) is 11.3 Å². The first kappa shape index (κ1) is 33.8. The fraction of sp³-hybridized carbons (Fsp3) is 0.683. The summed E-state index contributed by atoms with van der Waals surface area (Å²) in [6, 6.07) is 6.99. The van der Waals surface area contributed by atoms with Crippen LogP contribution in [0.4, 0.5) is 0 Å². The van der Waals surface area contributed by atoms with Gasteiger partial charge in [0.05, 0.1) is 18.0 Å². The Balaban J connectivity index is 1.12. The molecule has 0 saturated heterocycles. The van der Waals surface area contributed by atoms with Gasteiger partial charge < -0.3 is 14.6 Å². The minimum Gasteiger partial charge on any atom is -0.461 e. The predicted molar refractivity (Wildman–Crippen MR) is 193 cm³/mol. The van der Waals surface area contributed by atoms with Crippen LogP contribution in [-0.4, -0.2) is 53.5 Å². The number of carbonyl (C=O) groups excluding carboxylic acids is 1. The largest absolute Gasteiger partial charge is 0.461 e. The first-order valence-corrected chi connectivity index (χ1v) is 21.4. The molecule has 9 heteroatoms. The van der Waals surface area contributed by atoms with E-state index in [2.05, 4.69) is 45.9 Å². The molecule has 9 aliphatic rings. The van der Waals surface area contributed by atoms with Crippen LogP contribution in [0.2, 0.25) is 0 Å². The maximum absolute atomic E-state index is 14.6. The molecule has 0 amide bonds. The zero-order valence-electron chi connectivity index (χ0n) is 29.9. The normalized spacial score (nSPS) is 45.4. The van der Waals surface area contributed by atoms with E-state index in [1.165, 1.54) is 17.8 Å². The quantitative estimate of drug-likeness (QED) is 0.212. The van der Waals surface area contributed by atoms with E-state index in [9.17, 15) is 23.4 Å². The molecule has 2 heterocycles. The maximum atomic E-state index is 14.6. The molecule has 7 nitrogen and oxygen atoms in total. The van der Waals surface area contributed by atoms with Crippen LogP contribution in [0.3, 0.4) is 0 Å². The molecule has 6 saturated carbocycles. The van der Waals surface area contributed by atoms with Crippen LogP contribution >= 0.6 is 11.3 Å². The molecule has 2 spiro atoms. The smallest absolute Gasteiger partial charge is 0.252 e. The second-order valence-corrected chi connectivity index (χ2v) is 21.7. The lowest BCUT2D eigenvalue weighted by molar-refractivity contribution is -0.175. The third kappa shape index (κ3) is 4.19. The van der Waals surface area contributed by atoms with Gasteiger partial charge in [-0.25, -0.2) is 8.42 Å². The van der Waals surface area contributed by atoms with Crippen molar-refractivity contribution in [2.45, 2.75) is 108 Å².